The predicted molar refractivity (Wildman–Crippen MR) is 101 cm³/mol. The van der Waals surface area contributed by atoms with Crippen LogP contribution >= 0.6 is 0 Å². The SMILES string of the molecule is Cc1ccccc1C(=O)N/N=C\c1cc(C)n(-c2ccccc2F)c1C. The topological polar surface area (TPSA) is 46.4 Å². The molecule has 1 N–H and O–H groups in total. The smallest absolute Gasteiger partial charge is 0.271 e. The van der Waals surface area contributed by atoms with Crippen LogP contribution in [0.4, 0.5) is 4.39 Å². The van der Waals surface area contributed by atoms with Crippen LogP contribution in [-0.2, 0) is 0 Å². The lowest BCUT2D eigenvalue weighted by atomic mass is 10.1. The number of hydrogen-bond acceptors (Lipinski definition) is 2. The Hall–Kier alpha value is -3.21. The molecule has 0 aliphatic heterocycles. The van der Waals surface area contributed by atoms with E-state index in [2.05, 4.69) is 10.5 Å². The molecule has 2 aromatic carbocycles. The number of halogens is 1. The maximum absolute atomic E-state index is 14.1. The number of aromatic nitrogens is 1. The van der Waals surface area contributed by atoms with Crippen molar-refractivity contribution >= 4 is 12.1 Å². The summed E-state index contributed by atoms with van der Waals surface area (Å²) in [7, 11) is 0. The first-order valence-electron chi connectivity index (χ1n) is 8.32. The zero-order chi connectivity index (χ0) is 18.7. The Morgan fingerprint density at radius 3 is 2.50 bits per heavy atom. The minimum absolute atomic E-state index is 0.262. The van der Waals surface area contributed by atoms with Crippen LogP contribution in [0.25, 0.3) is 5.69 Å². The standard InChI is InChI=1S/C21H20FN3O/c1-14-8-4-5-9-18(14)21(26)24-23-13-17-12-15(2)25(16(17)3)20-11-7-6-10-19(20)22/h4-13H,1-3H3,(H,24,26)/b23-13-. The van der Waals surface area contributed by atoms with Gasteiger partial charge in [0.25, 0.3) is 5.91 Å². The largest absolute Gasteiger partial charge is 0.315 e. The van der Waals surface area contributed by atoms with E-state index in [1.54, 1.807) is 30.5 Å². The van der Waals surface area contributed by atoms with Gasteiger partial charge in [-0.3, -0.25) is 4.79 Å². The molecule has 0 saturated carbocycles. The summed E-state index contributed by atoms with van der Waals surface area (Å²) in [6.07, 6.45) is 1.58. The number of carbonyl (C=O) groups is 1. The van der Waals surface area contributed by atoms with Crippen molar-refractivity contribution in [3.8, 4) is 5.69 Å². The predicted octanol–water partition coefficient (Wildman–Crippen LogP) is 4.31. The van der Waals surface area contributed by atoms with E-state index in [1.807, 2.05) is 49.6 Å². The first-order chi connectivity index (χ1) is 12.5. The Balaban J connectivity index is 1.82. The highest BCUT2D eigenvalue weighted by atomic mass is 19.1. The molecule has 1 heterocycles. The van der Waals surface area contributed by atoms with Crippen LogP contribution in [0, 0.1) is 26.6 Å². The van der Waals surface area contributed by atoms with Gasteiger partial charge < -0.3 is 4.57 Å². The average Bonchev–Trinajstić information content (AvgIpc) is 2.90. The van der Waals surface area contributed by atoms with Crippen LogP contribution in [0.5, 0.6) is 0 Å². The van der Waals surface area contributed by atoms with Crippen molar-refractivity contribution in [1.29, 1.82) is 0 Å². The molecule has 132 valence electrons. The van der Waals surface area contributed by atoms with Gasteiger partial charge in [-0.15, -0.1) is 0 Å². The summed E-state index contributed by atoms with van der Waals surface area (Å²) in [5.74, 6) is -0.548. The minimum atomic E-state index is -0.286. The molecule has 1 amide bonds. The molecule has 0 unspecified atom stereocenters. The van der Waals surface area contributed by atoms with Gasteiger partial charge in [-0.2, -0.15) is 5.10 Å². The molecular weight excluding hydrogens is 329 g/mol. The minimum Gasteiger partial charge on any atom is -0.315 e. The summed E-state index contributed by atoms with van der Waals surface area (Å²) in [5.41, 5.74) is 7.06. The second-order valence-electron chi connectivity index (χ2n) is 6.13. The average molecular weight is 349 g/mol. The zero-order valence-corrected chi connectivity index (χ0v) is 15.0. The normalized spacial score (nSPS) is 11.1. The van der Waals surface area contributed by atoms with E-state index in [1.165, 1.54) is 6.07 Å². The van der Waals surface area contributed by atoms with E-state index in [0.717, 1.165) is 22.5 Å². The van der Waals surface area contributed by atoms with Crippen molar-refractivity contribution in [2.24, 2.45) is 5.10 Å². The number of nitrogens with zero attached hydrogens (tertiary/aromatic N) is 2. The fourth-order valence-electron chi connectivity index (χ4n) is 2.97. The quantitative estimate of drug-likeness (QED) is 0.554. The maximum atomic E-state index is 14.1. The second-order valence-corrected chi connectivity index (χ2v) is 6.13. The lowest BCUT2D eigenvalue weighted by Crippen LogP contribution is -2.18. The van der Waals surface area contributed by atoms with Gasteiger partial charge in [-0.05, 0) is 50.6 Å². The van der Waals surface area contributed by atoms with E-state index in [-0.39, 0.29) is 11.7 Å². The number of amides is 1. The van der Waals surface area contributed by atoms with Crippen LogP contribution in [0.1, 0.15) is 32.9 Å². The third-order valence-electron chi connectivity index (χ3n) is 4.32. The van der Waals surface area contributed by atoms with Gasteiger partial charge >= 0.3 is 0 Å². The van der Waals surface area contributed by atoms with Gasteiger partial charge in [0.05, 0.1) is 11.9 Å². The molecule has 3 aromatic rings. The fraction of sp³-hybridized carbons (Fsp3) is 0.143. The van der Waals surface area contributed by atoms with Crippen molar-refractivity contribution in [2.75, 3.05) is 0 Å². The van der Waals surface area contributed by atoms with Crippen molar-refractivity contribution < 1.29 is 9.18 Å². The number of hydrazone groups is 1. The Kier molecular flexibility index (Phi) is 4.98. The summed E-state index contributed by atoms with van der Waals surface area (Å²) >= 11 is 0. The monoisotopic (exact) mass is 349 g/mol. The van der Waals surface area contributed by atoms with E-state index in [9.17, 15) is 9.18 Å². The molecule has 1 aromatic heterocycles. The van der Waals surface area contributed by atoms with E-state index in [0.29, 0.717) is 11.3 Å². The Morgan fingerprint density at radius 1 is 1.08 bits per heavy atom. The van der Waals surface area contributed by atoms with Gasteiger partial charge in [0.1, 0.15) is 5.82 Å². The molecule has 3 rings (SSSR count). The van der Waals surface area contributed by atoms with E-state index in [4.69, 9.17) is 0 Å². The van der Waals surface area contributed by atoms with E-state index < -0.39 is 0 Å². The number of para-hydroxylation sites is 1. The van der Waals surface area contributed by atoms with Crippen LogP contribution in [0.15, 0.2) is 59.7 Å². The molecule has 4 nitrogen and oxygen atoms in total. The molecule has 0 spiro atoms. The molecule has 0 fully saturated rings. The highest BCUT2D eigenvalue weighted by Crippen LogP contribution is 2.21. The second kappa shape index (κ2) is 7.35. The number of rotatable bonds is 4. The highest BCUT2D eigenvalue weighted by Gasteiger charge is 2.12. The number of carbonyl (C=O) groups excluding carboxylic acids is 1. The van der Waals surface area contributed by atoms with Crippen molar-refractivity contribution in [3.05, 3.63) is 88.5 Å². The molecule has 26 heavy (non-hydrogen) atoms. The number of nitrogens with one attached hydrogen (secondary N) is 1. The number of aryl methyl sites for hydroxylation is 2. The Labute approximate surface area is 152 Å². The lowest BCUT2D eigenvalue weighted by Gasteiger charge is -2.10. The third kappa shape index (κ3) is 3.42. The summed E-state index contributed by atoms with van der Waals surface area (Å²) in [6.45, 7) is 5.67. The Morgan fingerprint density at radius 2 is 1.77 bits per heavy atom. The van der Waals surface area contributed by atoms with Gasteiger partial charge in [-0.1, -0.05) is 30.3 Å². The summed E-state index contributed by atoms with van der Waals surface area (Å²) < 4.78 is 15.9. The van der Waals surface area contributed by atoms with Gasteiger partial charge in [0.15, 0.2) is 0 Å². The van der Waals surface area contributed by atoms with Gasteiger partial charge in [0.2, 0.25) is 0 Å². The molecule has 0 atom stereocenters. The van der Waals surface area contributed by atoms with Crippen molar-refractivity contribution in [2.45, 2.75) is 20.8 Å². The first-order valence-corrected chi connectivity index (χ1v) is 8.32. The fourth-order valence-corrected chi connectivity index (χ4v) is 2.97. The van der Waals surface area contributed by atoms with Crippen LogP contribution in [0.2, 0.25) is 0 Å². The number of benzene rings is 2. The molecule has 0 saturated heterocycles. The molecule has 0 bridgehead atoms. The summed E-state index contributed by atoms with van der Waals surface area (Å²) in [5, 5.41) is 4.06. The van der Waals surface area contributed by atoms with Crippen molar-refractivity contribution in [3.63, 3.8) is 0 Å². The zero-order valence-electron chi connectivity index (χ0n) is 15.0. The molecular formula is C21H20FN3O. The lowest BCUT2D eigenvalue weighted by molar-refractivity contribution is 0.0954. The maximum Gasteiger partial charge on any atom is 0.271 e. The Bertz CT molecular complexity index is 989. The third-order valence-corrected chi connectivity index (χ3v) is 4.32. The van der Waals surface area contributed by atoms with Gasteiger partial charge in [0, 0.05) is 22.5 Å². The van der Waals surface area contributed by atoms with E-state index >= 15 is 0 Å². The van der Waals surface area contributed by atoms with Crippen LogP contribution < -0.4 is 5.43 Å². The summed E-state index contributed by atoms with van der Waals surface area (Å²) in [4.78, 5) is 12.2. The first kappa shape index (κ1) is 17.6. The van der Waals surface area contributed by atoms with Crippen LogP contribution in [0.3, 0.4) is 0 Å². The number of hydrogen-bond donors (Lipinski definition) is 1. The summed E-state index contributed by atoms with van der Waals surface area (Å²) in [6, 6.07) is 15.9. The molecule has 0 radical (unpaired) electrons. The molecule has 5 heteroatoms. The van der Waals surface area contributed by atoms with Gasteiger partial charge in [-0.25, -0.2) is 9.82 Å². The molecule has 0 aliphatic rings. The van der Waals surface area contributed by atoms with Crippen molar-refractivity contribution in [1.82, 2.24) is 9.99 Å². The highest BCUT2D eigenvalue weighted by molar-refractivity contribution is 5.96. The molecule has 0 aliphatic carbocycles. The van der Waals surface area contributed by atoms with Crippen LogP contribution in [-0.4, -0.2) is 16.7 Å².